The van der Waals surface area contributed by atoms with E-state index in [0.717, 1.165) is 6.07 Å². The summed E-state index contributed by atoms with van der Waals surface area (Å²) in [7, 11) is -8.28. The van der Waals surface area contributed by atoms with E-state index in [-0.39, 0.29) is 33.6 Å². The number of rotatable bonds is 10. The summed E-state index contributed by atoms with van der Waals surface area (Å²) in [6.45, 7) is 3.00. The van der Waals surface area contributed by atoms with Crippen LogP contribution in [0.25, 0.3) is 0 Å². The van der Waals surface area contributed by atoms with E-state index in [4.69, 9.17) is 11.6 Å². The molecule has 0 aromatic heterocycles. The van der Waals surface area contributed by atoms with Gasteiger partial charge >= 0.3 is 6.18 Å². The van der Waals surface area contributed by atoms with Gasteiger partial charge in [-0.15, -0.1) is 0 Å². The van der Waals surface area contributed by atoms with Crippen molar-refractivity contribution in [2.45, 2.75) is 29.8 Å². The summed E-state index contributed by atoms with van der Waals surface area (Å²) >= 11 is 6.12. The lowest BCUT2D eigenvalue weighted by atomic mass is 10.2. The van der Waals surface area contributed by atoms with Gasteiger partial charge in [-0.05, 0) is 54.6 Å². The molecule has 0 bridgehead atoms. The summed E-state index contributed by atoms with van der Waals surface area (Å²) in [4.78, 5) is 12.7. The first-order chi connectivity index (χ1) is 18.2. The van der Waals surface area contributed by atoms with Crippen LogP contribution >= 0.6 is 11.6 Å². The maximum absolute atomic E-state index is 13.4. The van der Waals surface area contributed by atoms with E-state index >= 15 is 0 Å². The van der Waals surface area contributed by atoms with Crippen LogP contribution in [0.3, 0.4) is 0 Å². The zero-order valence-electron chi connectivity index (χ0n) is 20.8. The fraction of sp³-hybridized carbons (Fsp3) is 0.240. The molecule has 0 heterocycles. The van der Waals surface area contributed by atoms with E-state index in [1.807, 2.05) is 0 Å². The Morgan fingerprint density at radius 3 is 1.95 bits per heavy atom. The number of nitrogens with one attached hydrogen (secondary N) is 1. The Kier molecular flexibility index (Phi) is 9.31. The largest absolute Gasteiger partial charge is 0.416 e. The Morgan fingerprint density at radius 2 is 1.41 bits per heavy atom. The first-order valence-corrected chi connectivity index (χ1v) is 14.8. The molecule has 1 N–H and O–H groups in total. The summed E-state index contributed by atoms with van der Waals surface area (Å²) < 4.78 is 94.2. The van der Waals surface area contributed by atoms with Gasteiger partial charge in [0.05, 0.1) is 26.1 Å². The van der Waals surface area contributed by atoms with Crippen LogP contribution in [-0.4, -0.2) is 46.7 Å². The highest BCUT2D eigenvalue weighted by Crippen LogP contribution is 2.37. The molecule has 0 spiro atoms. The minimum atomic E-state index is -4.79. The Morgan fingerprint density at radius 1 is 0.846 bits per heavy atom. The summed E-state index contributed by atoms with van der Waals surface area (Å²) in [6, 6.07) is 14.2. The molecule has 14 heteroatoms. The zero-order valence-corrected chi connectivity index (χ0v) is 23.2. The Hall–Kier alpha value is -3.13. The van der Waals surface area contributed by atoms with Crippen LogP contribution in [0.2, 0.25) is 5.02 Å². The van der Waals surface area contributed by atoms with E-state index < -0.39 is 49.9 Å². The first kappa shape index (κ1) is 30.4. The van der Waals surface area contributed by atoms with Gasteiger partial charge in [-0.3, -0.25) is 9.10 Å². The Labute approximate surface area is 230 Å². The monoisotopic (exact) mass is 603 g/mol. The predicted molar refractivity (Wildman–Crippen MR) is 143 cm³/mol. The molecule has 0 aliphatic heterocycles. The molecule has 0 aliphatic rings. The lowest BCUT2D eigenvalue weighted by molar-refractivity contribution is -0.137. The number of amides is 1. The highest BCUT2D eigenvalue weighted by molar-refractivity contribution is 7.93. The maximum Gasteiger partial charge on any atom is 0.416 e. The first-order valence-electron chi connectivity index (χ1n) is 11.6. The molecular formula is C25H25ClF3N3O5S2. The maximum atomic E-state index is 13.4. The number of carbonyl (C=O) groups is 1. The fourth-order valence-electron chi connectivity index (χ4n) is 3.65. The SMILES string of the molecule is CCN(CC)S(=O)(=O)c1ccc(NC(=O)CN(c2cc(C(F)(F)F)ccc2Cl)S(=O)(=O)c2ccccc2)cc1. The smallest absolute Gasteiger partial charge is 0.325 e. The van der Waals surface area contributed by atoms with Gasteiger partial charge in [0.15, 0.2) is 0 Å². The molecule has 3 rings (SSSR count). The predicted octanol–water partition coefficient (Wildman–Crippen LogP) is 5.22. The van der Waals surface area contributed by atoms with Crippen LogP contribution in [-0.2, 0) is 31.0 Å². The third-order valence-corrected chi connectivity index (χ3v) is 9.80. The number of carbonyl (C=O) groups excluding carboxylic acids is 1. The van der Waals surface area contributed by atoms with Crippen molar-refractivity contribution in [3.63, 3.8) is 0 Å². The van der Waals surface area contributed by atoms with Gasteiger partial charge in [0.2, 0.25) is 15.9 Å². The number of hydrogen-bond acceptors (Lipinski definition) is 5. The summed E-state index contributed by atoms with van der Waals surface area (Å²) in [5.41, 5.74) is -1.54. The van der Waals surface area contributed by atoms with E-state index in [1.165, 1.54) is 52.8 Å². The highest BCUT2D eigenvalue weighted by Gasteiger charge is 2.34. The molecule has 8 nitrogen and oxygen atoms in total. The summed E-state index contributed by atoms with van der Waals surface area (Å²) in [5.74, 6) is -0.901. The minimum Gasteiger partial charge on any atom is -0.325 e. The average Bonchev–Trinajstić information content (AvgIpc) is 2.88. The van der Waals surface area contributed by atoms with E-state index in [9.17, 15) is 34.8 Å². The zero-order chi connectivity index (χ0) is 29.0. The molecule has 3 aromatic rings. The van der Waals surface area contributed by atoms with Crippen molar-refractivity contribution in [2.24, 2.45) is 0 Å². The van der Waals surface area contributed by atoms with Gasteiger partial charge in [-0.25, -0.2) is 16.8 Å². The van der Waals surface area contributed by atoms with Crippen molar-refractivity contribution < 1.29 is 34.8 Å². The average molecular weight is 604 g/mol. The van der Waals surface area contributed by atoms with Crippen molar-refractivity contribution in [1.82, 2.24) is 4.31 Å². The van der Waals surface area contributed by atoms with Crippen molar-refractivity contribution >= 4 is 48.9 Å². The number of sulfonamides is 2. The van der Waals surface area contributed by atoms with Gasteiger partial charge in [-0.2, -0.15) is 17.5 Å². The van der Waals surface area contributed by atoms with Crippen LogP contribution < -0.4 is 9.62 Å². The Bertz CT molecular complexity index is 1530. The molecule has 0 atom stereocenters. The Balaban J connectivity index is 1.96. The summed E-state index contributed by atoms with van der Waals surface area (Å²) in [6.07, 6.45) is -4.79. The number of benzene rings is 3. The second-order valence-electron chi connectivity index (χ2n) is 8.15. The van der Waals surface area contributed by atoms with Crippen molar-refractivity contribution in [3.8, 4) is 0 Å². The van der Waals surface area contributed by atoms with Gasteiger partial charge in [0.1, 0.15) is 6.54 Å². The molecule has 0 radical (unpaired) electrons. The lowest BCUT2D eigenvalue weighted by Crippen LogP contribution is -2.38. The molecule has 0 saturated carbocycles. The van der Waals surface area contributed by atoms with Crippen LogP contribution in [0.1, 0.15) is 19.4 Å². The van der Waals surface area contributed by atoms with E-state index in [1.54, 1.807) is 19.9 Å². The second kappa shape index (κ2) is 11.9. The molecule has 0 unspecified atom stereocenters. The lowest BCUT2D eigenvalue weighted by Gasteiger charge is -2.26. The van der Waals surface area contributed by atoms with Crippen molar-refractivity contribution in [3.05, 3.63) is 83.4 Å². The van der Waals surface area contributed by atoms with Crippen LogP contribution in [0.15, 0.2) is 82.6 Å². The topological polar surface area (TPSA) is 104 Å². The normalized spacial score (nSPS) is 12.4. The van der Waals surface area contributed by atoms with Gasteiger partial charge in [-0.1, -0.05) is 43.6 Å². The van der Waals surface area contributed by atoms with Crippen molar-refractivity contribution in [1.29, 1.82) is 0 Å². The number of anilines is 2. The fourth-order valence-corrected chi connectivity index (χ4v) is 6.83. The molecule has 3 aromatic carbocycles. The van der Waals surface area contributed by atoms with Gasteiger partial charge in [0, 0.05) is 18.8 Å². The molecule has 0 fully saturated rings. The minimum absolute atomic E-state index is 0.00627. The van der Waals surface area contributed by atoms with Crippen molar-refractivity contribution in [2.75, 3.05) is 29.3 Å². The molecular weight excluding hydrogens is 579 g/mol. The van der Waals surface area contributed by atoms with E-state index in [0.29, 0.717) is 16.4 Å². The summed E-state index contributed by atoms with van der Waals surface area (Å²) in [5, 5.41) is 2.13. The van der Waals surface area contributed by atoms with Crippen LogP contribution in [0, 0.1) is 0 Å². The molecule has 210 valence electrons. The van der Waals surface area contributed by atoms with Gasteiger partial charge < -0.3 is 5.32 Å². The second-order valence-corrected chi connectivity index (χ2v) is 12.4. The number of alkyl halides is 3. The number of hydrogen-bond donors (Lipinski definition) is 1. The van der Waals surface area contributed by atoms with Crippen LogP contribution in [0.4, 0.5) is 24.5 Å². The third-order valence-electron chi connectivity index (χ3n) is 5.64. The molecule has 0 saturated heterocycles. The number of halogens is 4. The highest BCUT2D eigenvalue weighted by atomic mass is 35.5. The third kappa shape index (κ3) is 6.90. The van der Waals surface area contributed by atoms with Crippen LogP contribution in [0.5, 0.6) is 0 Å². The standard InChI is InChI=1S/C25H25ClF3N3O5S2/c1-3-31(4-2)38(34,35)21-13-11-19(12-14-21)30-24(33)17-32(39(36,37)20-8-6-5-7-9-20)23-16-18(25(27,28)29)10-15-22(23)26/h5-16H,3-4,17H2,1-2H3,(H,30,33). The molecule has 39 heavy (non-hydrogen) atoms. The number of nitrogens with zero attached hydrogens (tertiary/aromatic N) is 2. The molecule has 1 amide bonds. The van der Waals surface area contributed by atoms with Gasteiger partial charge in [0.25, 0.3) is 10.0 Å². The van der Waals surface area contributed by atoms with E-state index in [2.05, 4.69) is 5.32 Å². The quantitative estimate of drug-likeness (QED) is 0.342. The molecule has 0 aliphatic carbocycles.